The Morgan fingerprint density at radius 3 is 2.78 bits per heavy atom. The minimum absolute atomic E-state index is 0.153. The zero-order valence-electron chi connectivity index (χ0n) is 12.6. The van der Waals surface area contributed by atoms with Crippen LogP contribution in [0, 0.1) is 11.3 Å². The molecule has 3 aromatic rings. The fourth-order valence-corrected chi connectivity index (χ4v) is 2.88. The smallest absolute Gasteiger partial charge is 0.252 e. The van der Waals surface area contributed by atoms with Gasteiger partial charge in [0.1, 0.15) is 17.4 Å². The summed E-state index contributed by atoms with van der Waals surface area (Å²) >= 11 is 1.53. The van der Waals surface area contributed by atoms with Crippen LogP contribution in [0.2, 0.25) is 0 Å². The van der Waals surface area contributed by atoms with Crippen molar-refractivity contribution in [2.45, 2.75) is 6.54 Å². The van der Waals surface area contributed by atoms with Crippen molar-refractivity contribution in [3.8, 4) is 28.1 Å². The van der Waals surface area contributed by atoms with Gasteiger partial charge in [-0.2, -0.15) is 5.26 Å². The first-order chi connectivity index (χ1) is 11.2. The third-order valence-corrected chi connectivity index (χ3v) is 4.08. The van der Waals surface area contributed by atoms with Gasteiger partial charge in [0.05, 0.1) is 26.5 Å². The second kappa shape index (κ2) is 6.46. The standard InChI is InChI=1S/C15H13N5O2S/c1-21-12-4-3-10(5-13(12)22-2)15-18-11(8-23-15)7-20-9-17-14(6-16)19-20/h3-5,8-9H,7H2,1-2H3. The highest BCUT2D eigenvalue weighted by molar-refractivity contribution is 7.13. The van der Waals surface area contributed by atoms with Crippen molar-refractivity contribution in [3.05, 3.63) is 41.4 Å². The molecule has 0 radical (unpaired) electrons. The monoisotopic (exact) mass is 327 g/mol. The molecule has 0 aliphatic heterocycles. The number of rotatable bonds is 5. The van der Waals surface area contributed by atoms with E-state index in [-0.39, 0.29) is 5.82 Å². The van der Waals surface area contributed by atoms with Crippen LogP contribution in [-0.4, -0.2) is 34.0 Å². The summed E-state index contributed by atoms with van der Waals surface area (Å²) in [6, 6.07) is 7.59. The summed E-state index contributed by atoms with van der Waals surface area (Å²) in [5.41, 5.74) is 1.81. The maximum absolute atomic E-state index is 8.74. The Morgan fingerprint density at radius 2 is 2.09 bits per heavy atom. The van der Waals surface area contributed by atoms with Crippen molar-refractivity contribution in [1.82, 2.24) is 19.7 Å². The van der Waals surface area contributed by atoms with Crippen LogP contribution in [0.4, 0.5) is 0 Å². The molecular weight excluding hydrogens is 314 g/mol. The van der Waals surface area contributed by atoms with Crippen LogP contribution in [0.3, 0.4) is 0 Å². The highest BCUT2D eigenvalue weighted by Crippen LogP contribution is 2.33. The highest BCUT2D eigenvalue weighted by Gasteiger charge is 2.10. The number of nitrogens with zero attached hydrogens (tertiary/aromatic N) is 5. The predicted molar refractivity (Wildman–Crippen MR) is 84.5 cm³/mol. The van der Waals surface area contributed by atoms with Crippen molar-refractivity contribution >= 4 is 11.3 Å². The molecule has 23 heavy (non-hydrogen) atoms. The molecule has 0 aliphatic carbocycles. The van der Waals surface area contributed by atoms with Gasteiger partial charge < -0.3 is 9.47 Å². The predicted octanol–water partition coefficient (Wildman–Crippen LogP) is 2.34. The molecule has 2 heterocycles. The molecule has 3 rings (SSSR count). The number of hydrogen-bond donors (Lipinski definition) is 0. The molecule has 7 nitrogen and oxygen atoms in total. The topological polar surface area (TPSA) is 85.9 Å². The Hall–Kier alpha value is -2.92. The molecule has 116 valence electrons. The third-order valence-electron chi connectivity index (χ3n) is 3.14. The molecule has 0 bridgehead atoms. The van der Waals surface area contributed by atoms with E-state index in [4.69, 9.17) is 14.7 Å². The Kier molecular flexibility index (Phi) is 4.21. The van der Waals surface area contributed by atoms with Gasteiger partial charge in [0.15, 0.2) is 11.5 Å². The lowest BCUT2D eigenvalue weighted by molar-refractivity contribution is 0.355. The van der Waals surface area contributed by atoms with E-state index >= 15 is 0 Å². The summed E-state index contributed by atoms with van der Waals surface area (Å²) in [5.74, 6) is 1.50. The number of methoxy groups -OCH3 is 2. The molecule has 0 unspecified atom stereocenters. The molecule has 0 saturated heterocycles. The van der Waals surface area contributed by atoms with Gasteiger partial charge in [0.2, 0.25) is 0 Å². The van der Waals surface area contributed by atoms with Gasteiger partial charge >= 0.3 is 0 Å². The lowest BCUT2D eigenvalue weighted by Crippen LogP contribution is -2.00. The second-order valence-corrected chi connectivity index (χ2v) is 5.45. The number of ether oxygens (including phenoxy) is 2. The van der Waals surface area contributed by atoms with Crippen molar-refractivity contribution in [2.24, 2.45) is 0 Å². The first-order valence-electron chi connectivity index (χ1n) is 6.70. The first kappa shape index (κ1) is 15.0. The van der Waals surface area contributed by atoms with Gasteiger partial charge in [-0.1, -0.05) is 0 Å². The van der Waals surface area contributed by atoms with Crippen molar-refractivity contribution < 1.29 is 9.47 Å². The molecule has 0 fully saturated rings. The maximum Gasteiger partial charge on any atom is 0.252 e. The SMILES string of the molecule is COc1ccc(-c2nc(Cn3cnc(C#N)n3)cs2)cc1OC. The summed E-state index contributed by atoms with van der Waals surface area (Å²) < 4.78 is 12.1. The molecule has 0 saturated carbocycles. The molecule has 0 aliphatic rings. The van der Waals surface area contributed by atoms with E-state index < -0.39 is 0 Å². The largest absolute Gasteiger partial charge is 0.493 e. The molecule has 0 N–H and O–H groups in total. The molecule has 0 amide bonds. The van der Waals surface area contributed by atoms with Gasteiger partial charge in [0, 0.05) is 10.9 Å². The number of benzene rings is 1. The number of thiazole rings is 1. The summed E-state index contributed by atoms with van der Waals surface area (Å²) in [6.45, 7) is 0.471. The Labute approximate surface area is 136 Å². The minimum atomic E-state index is 0.153. The molecule has 0 atom stereocenters. The van der Waals surface area contributed by atoms with Gasteiger partial charge in [-0.25, -0.2) is 14.6 Å². The second-order valence-electron chi connectivity index (χ2n) is 4.59. The van der Waals surface area contributed by atoms with Crippen LogP contribution in [0.15, 0.2) is 29.9 Å². The van der Waals surface area contributed by atoms with Crippen LogP contribution in [0.1, 0.15) is 11.5 Å². The van der Waals surface area contributed by atoms with Crippen LogP contribution < -0.4 is 9.47 Å². The van der Waals surface area contributed by atoms with E-state index in [0.717, 1.165) is 16.3 Å². The molecule has 1 aromatic carbocycles. The van der Waals surface area contributed by atoms with Crippen LogP contribution in [0.25, 0.3) is 10.6 Å². The van der Waals surface area contributed by atoms with Crippen LogP contribution in [-0.2, 0) is 6.54 Å². The number of aromatic nitrogens is 4. The molecular formula is C15H13N5O2S. The van der Waals surface area contributed by atoms with Gasteiger partial charge in [0.25, 0.3) is 5.82 Å². The van der Waals surface area contributed by atoms with E-state index in [1.165, 1.54) is 17.7 Å². The normalized spacial score (nSPS) is 10.3. The average molecular weight is 327 g/mol. The Balaban J connectivity index is 1.83. The summed E-state index contributed by atoms with van der Waals surface area (Å²) in [6.07, 6.45) is 1.52. The molecule has 0 spiro atoms. The van der Waals surface area contributed by atoms with Crippen molar-refractivity contribution in [3.63, 3.8) is 0 Å². The lowest BCUT2D eigenvalue weighted by atomic mass is 10.2. The average Bonchev–Trinajstić information content (AvgIpc) is 3.24. The number of hydrogen-bond acceptors (Lipinski definition) is 7. The fraction of sp³-hybridized carbons (Fsp3) is 0.200. The summed E-state index contributed by atoms with van der Waals surface area (Å²) in [4.78, 5) is 8.47. The van der Waals surface area contributed by atoms with E-state index in [9.17, 15) is 0 Å². The number of nitriles is 1. The van der Waals surface area contributed by atoms with Gasteiger partial charge in [-0.15, -0.1) is 16.4 Å². The summed E-state index contributed by atoms with van der Waals surface area (Å²) in [7, 11) is 3.21. The van der Waals surface area contributed by atoms with Crippen molar-refractivity contribution in [2.75, 3.05) is 14.2 Å². The Morgan fingerprint density at radius 1 is 1.26 bits per heavy atom. The zero-order chi connectivity index (χ0) is 16.2. The lowest BCUT2D eigenvalue weighted by Gasteiger charge is -2.08. The van der Waals surface area contributed by atoms with Gasteiger partial charge in [-0.3, -0.25) is 0 Å². The van der Waals surface area contributed by atoms with Gasteiger partial charge in [-0.05, 0) is 18.2 Å². The van der Waals surface area contributed by atoms with E-state index in [0.29, 0.717) is 18.0 Å². The van der Waals surface area contributed by atoms with E-state index in [1.807, 2.05) is 29.6 Å². The van der Waals surface area contributed by atoms with E-state index in [1.54, 1.807) is 18.9 Å². The third kappa shape index (κ3) is 3.14. The Bertz CT molecular complexity index is 865. The quantitative estimate of drug-likeness (QED) is 0.715. The molecule has 8 heteroatoms. The highest BCUT2D eigenvalue weighted by atomic mass is 32.1. The minimum Gasteiger partial charge on any atom is -0.493 e. The maximum atomic E-state index is 8.74. The van der Waals surface area contributed by atoms with Crippen molar-refractivity contribution in [1.29, 1.82) is 5.26 Å². The zero-order valence-corrected chi connectivity index (χ0v) is 13.4. The fourth-order valence-electron chi connectivity index (χ4n) is 2.07. The summed E-state index contributed by atoms with van der Waals surface area (Å²) in [5, 5.41) is 15.6. The first-order valence-corrected chi connectivity index (χ1v) is 7.58. The van der Waals surface area contributed by atoms with Crippen LogP contribution in [0.5, 0.6) is 11.5 Å². The van der Waals surface area contributed by atoms with E-state index in [2.05, 4.69) is 15.1 Å². The van der Waals surface area contributed by atoms with Crippen LogP contribution >= 0.6 is 11.3 Å². The molecule has 2 aromatic heterocycles.